The zero-order valence-corrected chi connectivity index (χ0v) is 12.1. The molecule has 0 amide bonds. The second kappa shape index (κ2) is 8.04. The summed E-state index contributed by atoms with van der Waals surface area (Å²) in [7, 11) is 0. The van der Waals surface area contributed by atoms with Gasteiger partial charge in [0.1, 0.15) is 17.3 Å². The van der Waals surface area contributed by atoms with Crippen molar-refractivity contribution in [2.24, 2.45) is 0 Å². The summed E-state index contributed by atoms with van der Waals surface area (Å²) < 4.78 is 19.2. The maximum atomic E-state index is 13.6. The van der Waals surface area contributed by atoms with Crippen molar-refractivity contribution in [1.82, 2.24) is 5.32 Å². The van der Waals surface area contributed by atoms with E-state index < -0.39 is 0 Å². The van der Waals surface area contributed by atoms with Gasteiger partial charge in [-0.25, -0.2) is 4.39 Å². The number of aliphatic hydroxyl groups excluding tert-OH is 1. The molecule has 0 saturated carbocycles. The molecule has 0 fully saturated rings. The van der Waals surface area contributed by atoms with Gasteiger partial charge in [-0.15, -0.1) is 12.4 Å². The number of hydrogen-bond donors (Lipinski definition) is 2. The third kappa shape index (κ3) is 4.07. The van der Waals surface area contributed by atoms with E-state index in [1.54, 1.807) is 24.3 Å². The van der Waals surface area contributed by atoms with E-state index >= 15 is 0 Å². The van der Waals surface area contributed by atoms with E-state index in [2.05, 4.69) is 5.32 Å². The van der Waals surface area contributed by atoms with Gasteiger partial charge in [0.25, 0.3) is 0 Å². The Bertz CT molecular complexity index is 526. The van der Waals surface area contributed by atoms with Crippen LogP contribution in [0.15, 0.2) is 40.8 Å². The zero-order valence-electron chi connectivity index (χ0n) is 11.3. The molecular weight excluding hydrogens is 281 g/mol. The molecule has 0 radical (unpaired) electrons. The van der Waals surface area contributed by atoms with Gasteiger partial charge in [0.05, 0.1) is 18.7 Å². The molecule has 0 spiro atoms. The highest BCUT2D eigenvalue weighted by molar-refractivity contribution is 5.85. The summed E-state index contributed by atoms with van der Waals surface area (Å²) in [6.45, 7) is 2.62. The maximum absolute atomic E-state index is 13.6. The van der Waals surface area contributed by atoms with Gasteiger partial charge in [-0.05, 0) is 30.7 Å². The van der Waals surface area contributed by atoms with Gasteiger partial charge in [0.15, 0.2) is 0 Å². The van der Waals surface area contributed by atoms with Crippen molar-refractivity contribution in [3.05, 3.63) is 48.0 Å². The average molecular weight is 300 g/mol. The first-order valence-corrected chi connectivity index (χ1v) is 6.42. The Kier molecular flexibility index (Phi) is 6.71. The fraction of sp³-hybridized carbons (Fsp3) is 0.333. The largest absolute Gasteiger partial charge is 0.460 e. The van der Waals surface area contributed by atoms with Gasteiger partial charge in [-0.1, -0.05) is 19.1 Å². The predicted octanol–water partition coefficient (Wildman–Crippen LogP) is 3.37. The van der Waals surface area contributed by atoms with E-state index in [9.17, 15) is 4.39 Å². The molecule has 0 aliphatic rings. The van der Waals surface area contributed by atoms with E-state index in [-0.39, 0.29) is 30.9 Å². The summed E-state index contributed by atoms with van der Waals surface area (Å²) in [5, 5.41) is 12.3. The van der Waals surface area contributed by atoms with Gasteiger partial charge in [-0.3, -0.25) is 0 Å². The molecule has 1 unspecified atom stereocenters. The number of hydrogen-bond acceptors (Lipinski definition) is 3. The minimum absolute atomic E-state index is 0. The van der Waals surface area contributed by atoms with Crippen LogP contribution >= 0.6 is 12.4 Å². The predicted molar refractivity (Wildman–Crippen MR) is 79.4 cm³/mol. The molecular formula is C15H19ClFNO2. The number of aliphatic hydroxyl groups is 1. The minimum atomic E-state index is -0.293. The summed E-state index contributed by atoms with van der Waals surface area (Å²) >= 11 is 0. The molecule has 2 rings (SSSR count). The number of halogens is 2. The third-order valence-electron chi connectivity index (χ3n) is 3.08. The normalized spacial score (nSPS) is 11.9. The second-order valence-corrected chi connectivity index (χ2v) is 4.41. The number of furan rings is 1. The smallest absolute Gasteiger partial charge is 0.137 e. The Balaban J connectivity index is 0.00000200. The average Bonchev–Trinajstić information content (AvgIpc) is 2.89. The first kappa shape index (κ1) is 16.7. The second-order valence-electron chi connectivity index (χ2n) is 4.41. The van der Waals surface area contributed by atoms with Crippen LogP contribution in [0.3, 0.4) is 0 Å². The van der Waals surface area contributed by atoms with Gasteiger partial charge in [0, 0.05) is 6.04 Å². The number of nitrogens with one attached hydrogen (secondary N) is 1. The molecule has 1 aromatic carbocycles. The van der Waals surface area contributed by atoms with Crippen molar-refractivity contribution in [1.29, 1.82) is 0 Å². The van der Waals surface area contributed by atoms with E-state index in [1.807, 2.05) is 13.0 Å². The summed E-state index contributed by atoms with van der Waals surface area (Å²) in [6.07, 6.45) is 0.845. The van der Waals surface area contributed by atoms with Gasteiger partial charge >= 0.3 is 0 Å². The summed E-state index contributed by atoms with van der Waals surface area (Å²) in [6, 6.07) is 10.2. The van der Waals surface area contributed by atoms with E-state index in [0.29, 0.717) is 17.9 Å². The molecule has 0 aliphatic heterocycles. The highest BCUT2D eigenvalue weighted by Crippen LogP contribution is 2.24. The van der Waals surface area contributed by atoms with Crippen LogP contribution in [0.4, 0.5) is 4.39 Å². The van der Waals surface area contributed by atoms with Crippen molar-refractivity contribution in [3.63, 3.8) is 0 Å². The van der Waals surface area contributed by atoms with Gasteiger partial charge in [-0.2, -0.15) is 0 Å². The molecule has 2 N–H and O–H groups in total. The SMILES string of the molecule is CCC(CO)NCc1ccc(-c2ccccc2F)o1.Cl. The fourth-order valence-electron chi connectivity index (χ4n) is 1.86. The first-order chi connectivity index (χ1) is 9.24. The number of benzene rings is 1. The summed E-state index contributed by atoms with van der Waals surface area (Å²) in [5.74, 6) is 0.954. The molecule has 5 heteroatoms. The van der Waals surface area contributed by atoms with Crippen LogP contribution in [0, 0.1) is 5.82 Å². The quantitative estimate of drug-likeness (QED) is 0.859. The maximum Gasteiger partial charge on any atom is 0.137 e. The lowest BCUT2D eigenvalue weighted by atomic mass is 10.1. The molecule has 0 aliphatic carbocycles. The first-order valence-electron chi connectivity index (χ1n) is 6.42. The Hall–Kier alpha value is -1.36. The Morgan fingerprint density at radius 2 is 2.00 bits per heavy atom. The lowest BCUT2D eigenvalue weighted by Crippen LogP contribution is -2.30. The Morgan fingerprint density at radius 1 is 1.25 bits per heavy atom. The van der Waals surface area contributed by atoms with Crippen molar-refractivity contribution in [3.8, 4) is 11.3 Å². The fourth-order valence-corrected chi connectivity index (χ4v) is 1.86. The number of rotatable bonds is 6. The molecule has 110 valence electrons. The molecule has 3 nitrogen and oxygen atoms in total. The highest BCUT2D eigenvalue weighted by atomic mass is 35.5. The monoisotopic (exact) mass is 299 g/mol. The highest BCUT2D eigenvalue weighted by Gasteiger charge is 2.10. The molecule has 1 aromatic heterocycles. The molecule has 1 atom stereocenters. The van der Waals surface area contributed by atoms with E-state index in [1.165, 1.54) is 6.07 Å². The Labute approximate surface area is 124 Å². The molecule has 2 aromatic rings. The third-order valence-corrected chi connectivity index (χ3v) is 3.08. The standard InChI is InChI=1S/C15H18FNO2.ClH/c1-2-11(10-18)17-9-12-7-8-15(19-12)13-5-3-4-6-14(13)16;/h3-8,11,17-18H,2,9-10H2,1H3;1H. The van der Waals surface area contributed by atoms with Crippen molar-refractivity contribution < 1.29 is 13.9 Å². The van der Waals surface area contributed by atoms with E-state index in [0.717, 1.165) is 12.2 Å². The molecule has 1 heterocycles. The lowest BCUT2D eigenvalue weighted by molar-refractivity contribution is 0.235. The lowest BCUT2D eigenvalue weighted by Gasteiger charge is -2.12. The van der Waals surface area contributed by atoms with Crippen molar-refractivity contribution >= 4 is 12.4 Å². The van der Waals surface area contributed by atoms with Gasteiger partial charge < -0.3 is 14.8 Å². The molecule has 0 saturated heterocycles. The zero-order chi connectivity index (χ0) is 13.7. The summed E-state index contributed by atoms with van der Waals surface area (Å²) in [5.41, 5.74) is 0.461. The molecule has 0 bridgehead atoms. The van der Waals surface area contributed by atoms with Crippen molar-refractivity contribution in [2.45, 2.75) is 25.9 Å². The van der Waals surface area contributed by atoms with Gasteiger partial charge in [0.2, 0.25) is 0 Å². The van der Waals surface area contributed by atoms with E-state index in [4.69, 9.17) is 9.52 Å². The molecule has 20 heavy (non-hydrogen) atoms. The van der Waals surface area contributed by atoms with Crippen LogP contribution in [-0.4, -0.2) is 17.8 Å². The Morgan fingerprint density at radius 3 is 2.65 bits per heavy atom. The van der Waals surface area contributed by atoms with Crippen LogP contribution < -0.4 is 5.32 Å². The van der Waals surface area contributed by atoms with Crippen LogP contribution in [-0.2, 0) is 6.54 Å². The summed E-state index contributed by atoms with van der Waals surface area (Å²) in [4.78, 5) is 0. The van der Waals surface area contributed by atoms with Crippen LogP contribution in [0.1, 0.15) is 19.1 Å². The van der Waals surface area contributed by atoms with Crippen LogP contribution in [0.2, 0.25) is 0 Å². The topological polar surface area (TPSA) is 45.4 Å². The van der Waals surface area contributed by atoms with Crippen LogP contribution in [0.5, 0.6) is 0 Å². The van der Waals surface area contributed by atoms with Crippen LogP contribution in [0.25, 0.3) is 11.3 Å². The minimum Gasteiger partial charge on any atom is -0.460 e. The van der Waals surface area contributed by atoms with Crippen molar-refractivity contribution in [2.75, 3.05) is 6.61 Å².